The second-order valence-corrected chi connectivity index (χ2v) is 7.78. The number of benzene rings is 2. The predicted molar refractivity (Wildman–Crippen MR) is 107 cm³/mol. The van der Waals surface area contributed by atoms with Crippen LogP contribution in [0.5, 0.6) is 0 Å². The van der Waals surface area contributed by atoms with E-state index in [1.54, 1.807) is 11.1 Å². The van der Waals surface area contributed by atoms with Crippen molar-refractivity contribution < 1.29 is 0 Å². The van der Waals surface area contributed by atoms with Gasteiger partial charge in [0.1, 0.15) is 0 Å². The summed E-state index contributed by atoms with van der Waals surface area (Å²) in [6.45, 7) is 9.17. The largest absolute Gasteiger partial charge is 0.309 e. The van der Waals surface area contributed by atoms with Crippen molar-refractivity contribution in [3.05, 3.63) is 70.3 Å². The summed E-state index contributed by atoms with van der Waals surface area (Å²) in [5.41, 5.74) is 7.45. The first-order valence-electron chi connectivity index (χ1n) is 9.57. The Morgan fingerprint density at radius 2 is 1.76 bits per heavy atom. The van der Waals surface area contributed by atoms with Gasteiger partial charge in [0.05, 0.1) is 0 Å². The quantitative estimate of drug-likeness (QED) is 0.712. The summed E-state index contributed by atoms with van der Waals surface area (Å²) in [6, 6.07) is 15.7. The molecule has 0 N–H and O–H groups in total. The molecule has 0 amide bonds. The molecule has 0 saturated carbocycles. The fraction of sp³-hybridized carbons (Fsp3) is 0.478. The van der Waals surface area contributed by atoms with Gasteiger partial charge in [0, 0.05) is 19.0 Å². The Hall–Kier alpha value is -1.64. The van der Waals surface area contributed by atoms with Crippen LogP contribution in [0.2, 0.25) is 0 Å². The Bertz CT molecular complexity index is 691. The highest BCUT2D eigenvalue weighted by Crippen LogP contribution is 2.36. The highest BCUT2D eigenvalue weighted by molar-refractivity contribution is 5.46. The topological polar surface area (TPSA) is 6.48 Å². The molecule has 0 aliphatic carbocycles. The monoisotopic (exact) mass is 336 g/mol. The molecule has 1 unspecified atom stereocenters. The highest BCUT2D eigenvalue weighted by atomic mass is 15.1. The van der Waals surface area contributed by atoms with Crippen molar-refractivity contribution in [2.75, 3.05) is 33.7 Å². The number of unbranched alkanes of at least 4 members (excludes halogenated alkanes) is 1. The SMILES string of the molecule is Cc1ccc2c(c1C)CN(CCCCN(C)C)CC2c1ccccc1. The normalized spacial score (nSPS) is 17.7. The van der Waals surface area contributed by atoms with Crippen LogP contribution in [-0.2, 0) is 6.54 Å². The molecule has 0 bridgehead atoms. The zero-order chi connectivity index (χ0) is 17.8. The Labute approximate surface area is 153 Å². The van der Waals surface area contributed by atoms with E-state index in [1.165, 1.54) is 42.6 Å². The van der Waals surface area contributed by atoms with E-state index in [4.69, 9.17) is 0 Å². The van der Waals surface area contributed by atoms with Gasteiger partial charge in [-0.15, -0.1) is 0 Å². The number of hydrogen-bond donors (Lipinski definition) is 0. The fourth-order valence-electron chi connectivity index (χ4n) is 3.98. The number of rotatable bonds is 6. The molecule has 2 heteroatoms. The Morgan fingerprint density at radius 1 is 1.00 bits per heavy atom. The van der Waals surface area contributed by atoms with Gasteiger partial charge in [-0.25, -0.2) is 0 Å². The van der Waals surface area contributed by atoms with Gasteiger partial charge in [0.2, 0.25) is 0 Å². The minimum atomic E-state index is 0.498. The lowest BCUT2D eigenvalue weighted by molar-refractivity contribution is 0.231. The average molecular weight is 337 g/mol. The number of hydrogen-bond acceptors (Lipinski definition) is 2. The third-order valence-electron chi connectivity index (χ3n) is 5.64. The molecule has 2 aromatic carbocycles. The van der Waals surface area contributed by atoms with Gasteiger partial charge in [0.25, 0.3) is 0 Å². The van der Waals surface area contributed by atoms with Crippen LogP contribution in [0.15, 0.2) is 42.5 Å². The van der Waals surface area contributed by atoms with Crippen LogP contribution in [0.1, 0.15) is 46.6 Å². The van der Waals surface area contributed by atoms with E-state index in [0.29, 0.717) is 5.92 Å². The van der Waals surface area contributed by atoms with Crippen molar-refractivity contribution in [3.63, 3.8) is 0 Å². The molecule has 1 aliphatic heterocycles. The van der Waals surface area contributed by atoms with Gasteiger partial charge in [-0.1, -0.05) is 42.5 Å². The molecule has 25 heavy (non-hydrogen) atoms. The summed E-state index contributed by atoms with van der Waals surface area (Å²) < 4.78 is 0. The lowest BCUT2D eigenvalue weighted by atomic mass is 9.82. The minimum Gasteiger partial charge on any atom is -0.309 e. The average Bonchev–Trinajstić information content (AvgIpc) is 2.62. The molecule has 0 fully saturated rings. The number of nitrogens with zero attached hydrogens (tertiary/aromatic N) is 2. The van der Waals surface area contributed by atoms with Crippen LogP contribution in [0, 0.1) is 13.8 Å². The van der Waals surface area contributed by atoms with E-state index in [-0.39, 0.29) is 0 Å². The molecule has 0 saturated heterocycles. The van der Waals surface area contributed by atoms with Crippen LogP contribution >= 0.6 is 0 Å². The van der Waals surface area contributed by atoms with Gasteiger partial charge < -0.3 is 4.90 Å². The summed E-state index contributed by atoms with van der Waals surface area (Å²) in [6.07, 6.45) is 2.55. The van der Waals surface area contributed by atoms with E-state index in [1.807, 2.05) is 0 Å². The summed E-state index contributed by atoms with van der Waals surface area (Å²) in [5.74, 6) is 0.498. The first-order chi connectivity index (χ1) is 12.1. The smallest absolute Gasteiger partial charge is 0.0239 e. The fourth-order valence-corrected chi connectivity index (χ4v) is 3.98. The third kappa shape index (κ3) is 4.31. The van der Waals surface area contributed by atoms with Crippen LogP contribution in [0.4, 0.5) is 0 Å². The molecule has 3 rings (SSSR count). The van der Waals surface area contributed by atoms with Crippen molar-refractivity contribution in [3.8, 4) is 0 Å². The molecular weight excluding hydrogens is 304 g/mol. The Balaban J connectivity index is 1.82. The lowest BCUT2D eigenvalue weighted by Gasteiger charge is -2.36. The molecule has 2 nitrogen and oxygen atoms in total. The standard InChI is InChI=1S/C23H32N2/c1-18-12-13-21-22(19(18)2)16-25(15-9-8-14-24(3)4)17-23(21)20-10-6-5-7-11-20/h5-7,10-13,23H,8-9,14-17H2,1-4H3. The van der Waals surface area contributed by atoms with E-state index in [0.717, 1.165) is 13.1 Å². The van der Waals surface area contributed by atoms with Crippen molar-refractivity contribution in [1.29, 1.82) is 0 Å². The number of fused-ring (bicyclic) bond motifs is 1. The minimum absolute atomic E-state index is 0.498. The van der Waals surface area contributed by atoms with Gasteiger partial charge in [-0.3, -0.25) is 4.90 Å². The van der Waals surface area contributed by atoms with Crippen molar-refractivity contribution >= 4 is 0 Å². The molecule has 0 spiro atoms. The third-order valence-corrected chi connectivity index (χ3v) is 5.64. The van der Waals surface area contributed by atoms with Gasteiger partial charge >= 0.3 is 0 Å². The second kappa shape index (κ2) is 8.16. The van der Waals surface area contributed by atoms with Crippen LogP contribution < -0.4 is 0 Å². The highest BCUT2D eigenvalue weighted by Gasteiger charge is 2.27. The summed E-state index contributed by atoms with van der Waals surface area (Å²) >= 11 is 0. The molecule has 1 aliphatic rings. The van der Waals surface area contributed by atoms with Gasteiger partial charge in [0.15, 0.2) is 0 Å². The summed E-state index contributed by atoms with van der Waals surface area (Å²) in [7, 11) is 4.32. The zero-order valence-electron chi connectivity index (χ0n) is 16.3. The van der Waals surface area contributed by atoms with Crippen LogP contribution in [-0.4, -0.2) is 43.5 Å². The molecule has 1 atom stereocenters. The molecule has 2 aromatic rings. The molecule has 1 heterocycles. The van der Waals surface area contributed by atoms with Gasteiger partial charge in [-0.2, -0.15) is 0 Å². The predicted octanol–water partition coefficient (Wildman–Crippen LogP) is 4.59. The van der Waals surface area contributed by atoms with Crippen LogP contribution in [0.3, 0.4) is 0 Å². The second-order valence-electron chi connectivity index (χ2n) is 7.78. The maximum atomic E-state index is 2.67. The first-order valence-corrected chi connectivity index (χ1v) is 9.57. The van der Waals surface area contributed by atoms with E-state index >= 15 is 0 Å². The Kier molecular flexibility index (Phi) is 5.93. The molecule has 0 aromatic heterocycles. The van der Waals surface area contributed by atoms with E-state index < -0.39 is 0 Å². The van der Waals surface area contributed by atoms with E-state index in [2.05, 4.69) is 80.2 Å². The molecule has 134 valence electrons. The lowest BCUT2D eigenvalue weighted by Crippen LogP contribution is -2.35. The maximum absolute atomic E-state index is 2.67. The van der Waals surface area contributed by atoms with Crippen molar-refractivity contribution in [2.24, 2.45) is 0 Å². The van der Waals surface area contributed by atoms with Gasteiger partial charge in [-0.05, 0) is 81.7 Å². The zero-order valence-corrected chi connectivity index (χ0v) is 16.3. The van der Waals surface area contributed by atoms with Crippen molar-refractivity contribution in [2.45, 2.75) is 39.2 Å². The molecule has 0 radical (unpaired) electrons. The summed E-state index contributed by atoms with van der Waals surface area (Å²) in [5, 5.41) is 0. The maximum Gasteiger partial charge on any atom is 0.0239 e. The Morgan fingerprint density at radius 3 is 2.48 bits per heavy atom. The number of aryl methyl sites for hydroxylation is 1. The first kappa shape index (κ1) is 18.2. The van der Waals surface area contributed by atoms with Crippen LogP contribution in [0.25, 0.3) is 0 Å². The van der Waals surface area contributed by atoms with E-state index in [9.17, 15) is 0 Å². The summed E-state index contributed by atoms with van der Waals surface area (Å²) in [4.78, 5) is 4.95. The molecular formula is C23H32N2. The van der Waals surface area contributed by atoms with Crippen molar-refractivity contribution in [1.82, 2.24) is 9.80 Å².